The van der Waals surface area contributed by atoms with Crippen molar-refractivity contribution < 1.29 is 17.6 Å². The SMILES string of the molecule is Cc1ccc(CN(CC(=O)N[C@H](C)c2ccc(F)cc2)S(C)(=O)=O)cc1. The van der Waals surface area contributed by atoms with Crippen molar-refractivity contribution in [3.05, 3.63) is 71.0 Å². The highest BCUT2D eigenvalue weighted by molar-refractivity contribution is 7.88. The Hall–Kier alpha value is -2.25. The van der Waals surface area contributed by atoms with Crippen molar-refractivity contribution in [2.24, 2.45) is 0 Å². The lowest BCUT2D eigenvalue weighted by atomic mass is 10.1. The third-order valence-corrected chi connectivity index (χ3v) is 5.21. The molecule has 1 N–H and O–H groups in total. The fraction of sp³-hybridized carbons (Fsp3) is 0.316. The number of nitrogens with one attached hydrogen (secondary N) is 1. The fourth-order valence-corrected chi connectivity index (χ4v) is 3.20. The number of carbonyl (C=O) groups excluding carboxylic acids is 1. The van der Waals surface area contributed by atoms with Crippen molar-refractivity contribution in [3.8, 4) is 0 Å². The topological polar surface area (TPSA) is 66.5 Å². The molecule has 2 aromatic carbocycles. The maximum atomic E-state index is 13.0. The van der Waals surface area contributed by atoms with Crippen LogP contribution in [-0.4, -0.2) is 31.4 Å². The first-order valence-electron chi connectivity index (χ1n) is 8.20. The molecule has 0 aliphatic rings. The number of rotatable bonds is 7. The maximum absolute atomic E-state index is 13.0. The molecule has 140 valence electrons. The Morgan fingerprint density at radius 3 is 2.23 bits per heavy atom. The van der Waals surface area contributed by atoms with Gasteiger partial charge in [-0.2, -0.15) is 4.31 Å². The molecule has 2 aromatic rings. The second-order valence-electron chi connectivity index (χ2n) is 6.36. The zero-order valence-corrected chi connectivity index (χ0v) is 15.9. The van der Waals surface area contributed by atoms with Crippen LogP contribution in [0.5, 0.6) is 0 Å². The summed E-state index contributed by atoms with van der Waals surface area (Å²) in [5, 5.41) is 2.75. The van der Waals surface area contributed by atoms with Gasteiger partial charge in [-0.25, -0.2) is 12.8 Å². The lowest BCUT2D eigenvalue weighted by molar-refractivity contribution is -0.122. The average molecular weight is 378 g/mol. The Balaban J connectivity index is 2.04. The quantitative estimate of drug-likeness (QED) is 0.806. The van der Waals surface area contributed by atoms with Crippen LogP contribution >= 0.6 is 0 Å². The minimum Gasteiger partial charge on any atom is -0.348 e. The van der Waals surface area contributed by atoms with Crippen LogP contribution in [0, 0.1) is 12.7 Å². The smallest absolute Gasteiger partial charge is 0.235 e. The molecule has 0 spiro atoms. The largest absolute Gasteiger partial charge is 0.348 e. The molecule has 0 aliphatic carbocycles. The summed E-state index contributed by atoms with van der Waals surface area (Å²) in [5.74, 6) is -0.770. The second-order valence-corrected chi connectivity index (χ2v) is 8.34. The van der Waals surface area contributed by atoms with Gasteiger partial charge in [0.1, 0.15) is 5.82 Å². The van der Waals surface area contributed by atoms with E-state index in [4.69, 9.17) is 0 Å². The molecule has 1 amide bonds. The molecular weight excluding hydrogens is 355 g/mol. The van der Waals surface area contributed by atoms with Crippen molar-refractivity contribution in [2.75, 3.05) is 12.8 Å². The molecule has 0 radical (unpaired) electrons. The fourth-order valence-electron chi connectivity index (χ4n) is 2.47. The number of sulfonamides is 1. The van der Waals surface area contributed by atoms with E-state index in [2.05, 4.69) is 5.32 Å². The Kier molecular flexibility index (Phi) is 6.50. The van der Waals surface area contributed by atoms with Crippen molar-refractivity contribution >= 4 is 15.9 Å². The van der Waals surface area contributed by atoms with Crippen LogP contribution < -0.4 is 5.32 Å². The summed E-state index contributed by atoms with van der Waals surface area (Å²) in [6, 6.07) is 12.9. The normalized spacial score (nSPS) is 12.8. The first kappa shape index (κ1) is 20.1. The number of amides is 1. The van der Waals surface area contributed by atoms with Crippen LogP contribution in [0.3, 0.4) is 0 Å². The number of benzene rings is 2. The van der Waals surface area contributed by atoms with Gasteiger partial charge >= 0.3 is 0 Å². The van der Waals surface area contributed by atoms with E-state index >= 15 is 0 Å². The van der Waals surface area contributed by atoms with E-state index in [1.165, 1.54) is 12.1 Å². The van der Waals surface area contributed by atoms with Crippen LogP contribution in [0.4, 0.5) is 4.39 Å². The highest BCUT2D eigenvalue weighted by Gasteiger charge is 2.21. The lowest BCUT2D eigenvalue weighted by Crippen LogP contribution is -2.40. The number of hydrogen-bond acceptors (Lipinski definition) is 3. The van der Waals surface area contributed by atoms with E-state index in [-0.39, 0.29) is 24.9 Å². The Morgan fingerprint density at radius 2 is 1.69 bits per heavy atom. The molecule has 0 heterocycles. The maximum Gasteiger partial charge on any atom is 0.235 e. The summed E-state index contributed by atoms with van der Waals surface area (Å²) in [6.45, 7) is 3.55. The van der Waals surface area contributed by atoms with Crippen molar-refractivity contribution in [1.29, 1.82) is 0 Å². The third kappa shape index (κ3) is 5.93. The molecule has 0 saturated carbocycles. The number of halogens is 1. The molecule has 0 aromatic heterocycles. The van der Waals surface area contributed by atoms with Gasteiger partial charge in [0.05, 0.1) is 18.8 Å². The summed E-state index contributed by atoms with van der Waals surface area (Å²) in [7, 11) is -3.55. The molecule has 7 heteroatoms. The standard InChI is InChI=1S/C19H23FN2O3S/c1-14-4-6-16(7-5-14)12-22(26(3,24)25)13-19(23)21-15(2)17-8-10-18(20)11-9-17/h4-11,15H,12-13H2,1-3H3,(H,21,23)/t15-/m1/s1. The third-order valence-electron chi connectivity index (χ3n) is 4.02. The van der Waals surface area contributed by atoms with E-state index < -0.39 is 15.9 Å². The molecule has 0 unspecified atom stereocenters. The van der Waals surface area contributed by atoms with Gasteiger partial charge in [-0.3, -0.25) is 4.79 Å². The monoisotopic (exact) mass is 378 g/mol. The molecule has 5 nitrogen and oxygen atoms in total. The van der Waals surface area contributed by atoms with E-state index in [1.54, 1.807) is 19.1 Å². The minimum absolute atomic E-state index is 0.122. The summed E-state index contributed by atoms with van der Waals surface area (Å²) in [6.07, 6.45) is 1.08. The first-order valence-corrected chi connectivity index (χ1v) is 10.1. The van der Waals surface area contributed by atoms with Gasteiger partial charge in [-0.15, -0.1) is 0 Å². The lowest BCUT2D eigenvalue weighted by Gasteiger charge is -2.21. The van der Waals surface area contributed by atoms with Gasteiger partial charge in [0, 0.05) is 6.54 Å². The van der Waals surface area contributed by atoms with E-state index in [9.17, 15) is 17.6 Å². The Morgan fingerprint density at radius 1 is 1.12 bits per heavy atom. The van der Waals surface area contributed by atoms with Gasteiger partial charge in [-0.05, 0) is 37.1 Å². The summed E-state index contributed by atoms with van der Waals surface area (Å²) in [5.41, 5.74) is 2.62. The van der Waals surface area contributed by atoms with Crippen LogP contribution in [0.2, 0.25) is 0 Å². The number of aryl methyl sites for hydroxylation is 1. The average Bonchev–Trinajstić information content (AvgIpc) is 2.56. The number of hydrogen-bond donors (Lipinski definition) is 1. The van der Waals surface area contributed by atoms with Crippen molar-refractivity contribution in [2.45, 2.75) is 26.4 Å². The van der Waals surface area contributed by atoms with Gasteiger partial charge < -0.3 is 5.32 Å². The van der Waals surface area contributed by atoms with Crippen LogP contribution in [0.1, 0.15) is 29.7 Å². The van der Waals surface area contributed by atoms with Crippen LogP contribution in [0.15, 0.2) is 48.5 Å². The summed E-state index contributed by atoms with van der Waals surface area (Å²) < 4.78 is 38.2. The molecule has 2 rings (SSSR count). The highest BCUT2D eigenvalue weighted by atomic mass is 32.2. The molecule has 26 heavy (non-hydrogen) atoms. The highest BCUT2D eigenvalue weighted by Crippen LogP contribution is 2.14. The van der Waals surface area contributed by atoms with E-state index in [1.807, 2.05) is 31.2 Å². The molecule has 0 saturated heterocycles. The zero-order chi connectivity index (χ0) is 19.3. The molecular formula is C19H23FN2O3S. The van der Waals surface area contributed by atoms with Crippen molar-refractivity contribution in [1.82, 2.24) is 9.62 Å². The van der Waals surface area contributed by atoms with Gasteiger partial charge in [0.15, 0.2) is 0 Å². The zero-order valence-electron chi connectivity index (χ0n) is 15.1. The molecule has 0 aliphatic heterocycles. The summed E-state index contributed by atoms with van der Waals surface area (Å²) >= 11 is 0. The van der Waals surface area contributed by atoms with Crippen molar-refractivity contribution in [3.63, 3.8) is 0 Å². The summed E-state index contributed by atoms with van der Waals surface area (Å²) in [4.78, 5) is 12.3. The second kappa shape index (κ2) is 8.42. The predicted octanol–water partition coefficient (Wildman–Crippen LogP) is 2.77. The number of nitrogens with zero attached hydrogens (tertiary/aromatic N) is 1. The van der Waals surface area contributed by atoms with Gasteiger partial charge in [0.2, 0.25) is 15.9 Å². The van der Waals surface area contributed by atoms with E-state index in [0.717, 1.165) is 27.3 Å². The molecule has 1 atom stereocenters. The predicted molar refractivity (Wildman–Crippen MR) is 99.4 cm³/mol. The first-order chi connectivity index (χ1) is 12.1. The number of carbonyl (C=O) groups is 1. The Bertz CT molecular complexity index is 849. The molecule has 0 bridgehead atoms. The van der Waals surface area contributed by atoms with Crippen LogP contribution in [-0.2, 0) is 21.4 Å². The minimum atomic E-state index is -3.55. The Labute approximate surface area is 153 Å². The van der Waals surface area contributed by atoms with Crippen LogP contribution in [0.25, 0.3) is 0 Å². The van der Waals surface area contributed by atoms with E-state index in [0.29, 0.717) is 0 Å². The van der Waals surface area contributed by atoms with Gasteiger partial charge in [-0.1, -0.05) is 42.0 Å². The molecule has 0 fully saturated rings. The van der Waals surface area contributed by atoms with Gasteiger partial charge in [0.25, 0.3) is 0 Å².